The van der Waals surface area contributed by atoms with Crippen LogP contribution in [0.4, 0.5) is 0 Å². The first-order chi connectivity index (χ1) is 10.2. The normalized spacial score (nSPS) is 12.6. The zero-order valence-corrected chi connectivity index (χ0v) is 13.7. The summed E-state index contributed by atoms with van der Waals surface area (Å²) < 4.78 is 6.99. The number of halogens is 2. The van der Waals surface area contributed by atoms with Crippen molar-refractivity contribution in [2.24, 2.45) is 0 Å². The minimum Gasteiger partial charge on any atom is -0.383 e. The summed E-state index contributed by atoms with van der Waals surface area (Å²) in [5.74, 6) is 0. The molecule has 2 rings (SSSR count). The molecule has 114 valence electrons. The molecule has 0 aliphatic carbocycles. The third-order valence-electron chi connectivity index (χ3n) is 3.40. The van der Waals surface area contributed by atoms with E-state index in [0.717, 1.165) is 22.7 Å². The molecule has 1 heterocycles. The Bertz CT molecular complexity index is 586. The van der Waals surface area contributed by atoms with Crippen LogP contribution >= 0.6 is 23.2 Å². The highest BCUT2D eigenvalue weighted by Gasteiger charge is 2.20. The molecule has 0 bridgehead atoms. The van der Waals surface area contributed by atoms with Gasteiger partial charge in [-0.15, -0.1) is 0 Å². The van der Waals surface area contributed by atoms with Gasteiger partial charge in [0.05, 0.1) is 36.1 Å². The predicted molar refractivity (Wildman–Crippen MR) is 86.1 cm³/mol. The molecule has 1 aromatic carbocycles. The van der Waals surface area contributed by atoms with Gasteiger partial charge in [0.1, 0.15) is 0 Å². The fourth-order valence-electron chi connectivity index (χ4n) is 2.29. The van der Waals surface area contributed by atoms with Crippen molar-refractivity contribution in [1.82, 2.24) is 15.1 Å². The maximum atomic E-state index is 6.31. The van der Waals surface area contributed by atoms with Crippen molar-refractivity contribution >= 4 is 23.2 Å². The molecule has 0 saturated carbocycles. The summed E-state index contributed by atoms with van der Waals surface area (Å²) in [6.07, 6.45) is 2.41. The van der Waals surface area contributed by atoms with E-state index in [1.54, 1.807) is 13.3 Å². The van der Waals surface area contributed by atoms with Crippen LogP contribution in [-0.2, 0) is 17.7 Å². The second-order valence-electron chi connectivity index (χ2n) is 4.73. The lowest BCUT2D eigenvalue weighted by atomic mass is 10.0. The molecule has 0 radical (unpaired) electrons. The first-order valence-electron chi connectivity index (χ1n) is 6.78. The maximum Gasteiger partial charge on any atom is 0.0834 e. The van der Waals surface area contributed by atoms with Crippen molar-refractivity contribution in [3.05, 3.63) is 51.8 Å². The highest BCUT2D eigenvalue weighted by atomic mass is 35.5. The molecule has 0 saturated heterocycles. The topological polar surface area (TPSA) is 39.1 Å². The molecule has 6 heteroatoms. The first-order valence-corrected chi connectivity index (χ1v) is 7.53. The maximum absolute atomic E-state index is 6.31. The summed E-state index contributed by atoms with van der Waals surface area (Å²) in [5.41, 5.74) is 2.03. The molecule has 1 aromatic heterocycles. The Balaban J connectivity index is 2.25. The van der Waals surface area contributed by atoms with Gasteiger partial charge in [-0.25, -0.2) is 0 Å². The predicted octanol–water partition coefficient (Wildman–Crippen LogP) is 3.34. The summed E-state index contributed by atoms with van der Waals surface area (Å²) in [7, 11) is 3.58. The standard InChI is InChI=1S/C15H19Cl2N3O/c1-18-14(9-11-5-3-4-6-12(11)16)15-13(17)10-19-20(15)7-8-21-2/h3-6,10,14,18H,7-9H2,1-2H3. The van der Waals surface area contributed by atoms with Gasteiger partial charge in [0, 0.05) is 12.1 Å². The average Bonchev–Trinajstić information content (AvgIpc) is 2.85. The number of hydrogen-bond donors (Lipinski definition) is 1. The number of nitrogens with one attached hydrogen (secondary N) is 1. The number of nitrogens with zero attached hydrogens (tertiary/aromatic N) is 2. The van der Waals surface area contributed by atoms with Crippen molar-refractivity contribution < 1.29 is 4.74 Å². The Morgan fingerprint density at radius 2 is 2.05 bits per heavy atom. The van der Waals surface area contributed by atoms with Gasteiger partial charge in [-0.1, -0.05) is 41.4 Å². The summed E-state index contributed by atoms with van der Waals surface area (Å²) in [5, 5.41) is 9.02. The number of ether oxygens (including phenoxy) is 1. The van der Waals surface area contributed by atoms with Crippen molar-refractivity contribution in [1.29, 1.82) is 0 Å². The van der Waals surface area contributed by atoms with E-state index in [1.165, 1.54) is 0 Å². The zero-order valence-electron chi connectivity index (χ0n) is 12.1. The Hall–Kier alpha value is -1.07. The molecule has 1 atom stereocenters. The highest BCUT2D eigenvalue weighted by Crippen LogP contribution is 2.28. The zero-order chi connectivity index (χ0) is 15.2. The lowest BCUT2D eigenvalue weighted by Gasteiger charge is -2.19. The van der Waals surface area contributed by atoms with E-state index in [4.69, 9.17) is 27.9 Å². The Labute approximate surface area is 135 Å². The molecular formula is C15H19Cl2N3O. The third-order valence-corrected chi connectivity index (χ3v) is 4.06. The molecule has 1 N–H and O–H groups in total. The molecule has 4 nitrogen and oxygen atoms in total. The number of methoxy groups -OCH3 is 1. The summed E-state index contributed by atoms with van der Waals surface area (Å²) in [6, 6.07) is 7.87. The van der Waals surface area contributed by atoms with Crippen LogP contribution in [0.25, 0.3) is 0 Å². The number of benzene rings is 1. The van der Waals surface area contributed by atoms with Crippen LogP contribution in [0.2, 0.25) is 10.0 Å². The van der Waals surface area contributed by atoms with Crippen LogP contribution < -0.4 is 5.32 Å². The van der Waals surface area contributed by atoms with Crippen LogP contribution in [0.1, 0.15) is 17.3 Å². The number of hydrogen-bond acceptors (Lipinski definition) is 3. The molecule has 0 fully saturated rings. The smallest absolute Gasteiger partial charge is 0.0834 e. The van der Waals surface area contributed by atoms with Gasteiger partial charge in [0.15, 0.2) is 0 Å². The van der Waals surface area contributed by atoms with Crippen molar-refractivity contribution in [2.45, 2.75) is 19.0 Å². The summed E-state index contributed by atoms with van der Waals surface area (Å²) >= 11 is 12.6. The Kier molecular flexibility index (Phi) is 6.06. The largest absolute Gasteiger partial charge is 0.383 e. The molecule has 0 aliphatic heterocycles. The highest BCUT2D eigenvalue weighted by molar-refractivity contribution is 6.31. The molecule has 0 aliphatic rings. The van der Waals surface area contributed by atoms with Crippen LogP contribution in [0, 0.1) is 0 Å². The van der Waals surface area contributed by atoms with Gasteiger partial charge in [-0.2, -0.15) is 5.10 Å². The van der Waals surface area contributed by atoms with Crippen molar-refractivity contribution in [3.63, 3.8) is 0 Å². The Morgan fingerprint density at radius 1 is 1.29 bits per heavy atom. The minimum absolute atomic E-state index is 0.0387. The van der Waals surface area contributed by atoms with E-state index in [1.807, 2.05) is 36.0 Å². The lowest BCUT2D eigenvalue weighted by molar-refractivity contribution is 0.181. The van der Waals surface area contributed by atoms with E-state index in [9.17, 15) is 0 Å². The van der Waals surface area contributed by atoms with Crippen LogP contribution in [0.5, 0.6) is 0 Å². The van der Waals surface area contributed by atoms with E-state index in [0.29, 0.717) is 18.2 Å². The molecule has 0 amide bonds. The molecule has 0 spiro atoms. The van der Waals surface area contributed by atoms with E-state index < -0.39 is 0 Å². The van der Waals surface area contributed by atoms with Crippen molar-refractivity contribution in [2.75, 3.05) is 20.8 Å². The van der Waals surface area contributed by atoms with Gasteiger partial charge in [-0.3, -0.25) is 4.68 Å². The number of likely N-dealkylation sites (N-methyl/N-ethyl adjacent to an activating group) is 1. The molecular weight excluding hydrogens is 309 g/mol. The number of aromatic nitrogens is 2. The fraction of sp³-hybridized carbons (Fsp3) is 0.400. The monoisotopic (exact) mass is 327 g/mol. The quantitative estimate of drug-likeness (QED) is 0.847. The second-order valence-corrected chi connectivity index (χ2v) is 5.54. The number of rotatable bonds is 7. The van der Waals surface area contributed by atoms with Crippen LogP contribution in [0.3, 0.4) is 0 Å². The SMILES string of the molecule is CNC(Cc1ccccc1Cl)c1c(Cl)cnn1CCOC. The average molecular weight is 328 g/mol. The third kappa shape index (κ3) is 3.98. The van der Waals surface area contributed by atoms with Gasteiger partial charge in [0.2, 0.25) is 0 Å². The van der Waals surface area contributed by atoms with E-state index in [2.05, 4.69) is 10.4 Å². The Morgan fingerprint density at radius 3 is 2.71 bits per heavy atom. The molecule has 2 aromatic rings. The summed E-state index contributed by atoms with van der Waals surface area (Å²) in [6.45, 7) is 1.26. The molecule has 1 unspecified atom stereocenters. The van der Waals surface area contributed by atoms with Gasteiger partial charge in [0.25, 0.3) is 0 Å². The lowest BCUT2D eigenvalue weighted by Crippen LogP contribution is -2.24. The van der Waals surface area contributed by atoms with E-state index in [-0.39, 0.29) is 6.04 Å². The van der Waals surface area contributed by atoms with E-state index >= 15 is 0 Å². The van der Waals surface area contributed by atoms with Crippen molar-refractivity contribution in [3.8, 4) is 0 Å². The minimum atomic E-state index is 0.0387. The van der Waals surface area contributed by atoms with Gasteiger partial charge < -0.3 is 10.1 Å². The second kappa shape index (κ2) is 7.80. The van der Waals surface area contributed by atoms with Crippen LogP contribution in [-0.4, -0.2) is 30.5 Å². The van der Waals surface area contributed by atoms with Crippen LogP contribution in [0.15, 0.2) is 30.5 Å². The summed E-state index contributed by atoms with van der Waals surface area (Å²) in [4.78, 5) is 0. The molecule has 21 heavy (non-hydrogen) atoms. The van der Waals surface area contributed by atoms with Gasteiger partial charge >= 0.3 is 0 Å². The van der Waals surface area contributed by atoms with Gasteiger partial charge in [-0.05, 0) is 25.1 Å². The fourth-order valence-corrected chi connectivity index (χ4v) is 2.78. The first kappa shape index (κ1) is 16.3.